The fourth-order valence-electron chi connectivity index (χ4n) is 1.25. The molecule has 0 bridgehead atoms. The number of hydrogen-bond donors (Lipinski definition) is 1. The van der Waals surface area contributed by atoms with E-state index in [0.717, 1.165) is 0 Å². The maximum Gasteiger partial charge on any atom is 0.179 e. The van der Waals surface area contributed by atoms with Gasteiger partial charge in [0, 0.05) is 5.69 Å². The molecule has 1 aromatic rings. The Morgan fingerprint density at radius 1 is 1.67 bits per heavy atom. The molecule has 1 rings (SSSR count). The first-order chi connectivity index (χ1) is 7.15. The van der Waals surface area contributed by atoms with Crippen LogP contribution in [0.4, 0.5) is 5.69 Å². The van der Waals surface area contributed by atoms with Gasteiger partial charge in [0.15, 0.2) is 5.78 Å². The topological polar surface area (TPSA) is 76.1 Å². The quantitative estimate of drug-likeness (QED) is 0.515. The van der Waals surface area contributed by atoms with Gasteiger partial charge in [0.05, 0.1) is 23.6 Å². The lowest BCUT2D eigenvalue weighted by Gasteiger charge is -2.10. The summed E-state index contributed by atoms with van der Waals surface area (Å²) in [6.07, 6.45) is 0. The SMILES string of the molecule is COc1c(C#N)ccc(N)c1C(=O)CBr. The second-order valence-electron chi connectivity index (χ2n) is 2.78. The van der Waals surface area contributed by atoms with E-state index >= 15 is 0 Å². The van der Waals surface area contributed by atoms with Crippen LogP contribution in [0.15, 0.2) is 12.1 Å². The Hall–Kier alpha value is -1.54. The Balaban J connectivity index is 3.47. The summed E-state index contributed by atoms with van der Waals surface area (Å²) < 4.78 is 5.03. The Morgan fingerprint density at radius 3 is 2.80 bits per heavy atom. The van der Waals surface area contributed by atoms with E-state index in [4.69, 9.17) is 15.7 Å². The predicted octanol–water partition coefficient (Wildman–Crippen LogP) is 1.73. The average molecular weight is 269 g/mol. The van der Waals surface area contributed by atoms with E-state index in [1.54, 1.807) is 0 Å². The van der Waals surface area contributed by atoms with Gasteiger partial charge in [-0.25, -0.2) is 0 Å². The smallest absolute Gasteiger partial charge is 0.179 e. The summed E-state index contributed by atoms with van der Waals surface area (Å²) in [6.45, 7) is 0. The van der Waals surface area contributed by atoms with Gasteiger partial charge in [0.25, 0.3) is 0 Å². The number of nitrogens with two attached hydrogens (primary N) is 1. The van der Waals surface area contributed by atoms with Gasteiger partial charge in [-0.3, -0.25) is 4.79 Å². The molecule has 0 spiro atoms. The standard InChI is InChI=1S/C10H9BrN2O2/c1-15-10-6(5-12)2-3-7(13)9(10)8(14)4-11/h2-3H,4,13H2,1H3. The van der Waals surface area contributed by atoms with E-state index in [2.05, 4.69) is 15.9 Å². The second-order valence-corrected chi connectivity index (χ2v) is 3.34. The van der Waals surface area contributed by atoms with Gasteiger partial charge < -0.3 is 10.5 Å². The van der Waals surface area contributed by atoms with Crippen LogP contribution in [0, 0.1) is 11.3 Å². The zero-order chi connectivity index (χ0) is 11.4. The molecular formula is C10H9BrN2O2. The highest BCUT2D eigenvalue weighted by molar-refractivity contribution is 9.09. The number of carbonyl (C=O) groups excluding carboxylic acids is 1. The largest absolute Gasteiger partial charge is 0.495 e. The molecule has 0 unspecified atom stereocenters. The van der Waals surface area contributed by atoms with Gasteiger partial charge in [-0.15, -0.1) is 0 Å². The fraction of sp³-hybridized carbons (Fsp3) is 0.200. The Labute approximate surface area is 95.8 Å². The summed E-state index contributed by atoms with van der Waals surface area (Å²) in [5.74, 6) is 0.0309. The molecular weight excluding hydrogens is 260 g/mol. The number of benzene rings is 1. The molecule has 0 aliphatic rings. The number of nitrogens with zero attached hydrogens (tertiary/aromatic N) is 1. The minimum Gasteiger partial charge on any atom is -0.495 e. The number of halogens is 1. The Morgan fingerprint density at radius 2 is 2.33 bits per heavy atom. The number of alkyl halides is 1. The van der Waals surface area contributed by atoms with E-state index in [9.17, 15) is 4.79 Å². The molecule has 15 heavy (non-hydrogen) atoms. The van der Waals surface area contributed by atoms with Crippen molar-refractivity contribution in [1.29, 1.82) is 5.26 Å². The van der Waals surface area contributed by atoms with E-state index in [-0.39, 0.29) is 22.4 Å². The fourth-order valence-corrected chi connectivity index (χ4v) is 1.53. The van der Waals surface area contributed by atoms with Crippen LogP contribution in [-0.2, 0) is 0 Å². The molecule has 4 nitrogen and oxygen atoms in total. The number of methoxy groups -OCH3 is 1. The second kappa shape index (κ2) is 4.80. The highest BCUT2D eigenvalue weighted by Crippen LogP contribution is 2.29. The van der Waals surface area contributed by atoms with Crippen molar-refractivity contribution in [1.82, 2.24) is 0 Å². The molecule has 0 aliphatic heterocycles. The first-order valence-corrected chi connectivity index (χ1v) is 5.23. The number of ether oxygens (including phenoxy) is 1. The van der Waals surface area contributed by atoms with Gasteiger partial charge in [-0.05, 0) is 12.1 Å². The van der Waals surface area contributed by atoms with Crippen molar-refractivity contribution in [3.8, 4) is 11.8 Å². The van der Waals surface area contributed by atoms with Crippen molar-refractivity contribution >= 4 is 27.4 Å². The number of nitriles is 1. The number of nitrogen functional groups attached to an aromatic ring is 1. The summed E-state index contributed by atoms with van der Waals surface area (Å²) in [5.41, 5.74) is 6.54. The summed E-state index contributed by atoms with van der Waals surface area (Å²) in [7, 11) is 1.40. The number of carbonyl (C=O) groups is 1. The highest BCUT2D eigenvalue weighted by Gasteiger charge is 2.18. The molecule has 0 saturated heterocycles. The lowest BCUT2D eigenvalue weighted by molar-refractivity contribution is 0.102. The summed E-state index contributed by atoms with van der Waals surface area (Å²) in [5, 5.41) is 8.97. The summed E-state index contributed by atoms with van der Waals surface area (Å²) in [6, 6.07) is 5.00. The zero-order valence-electron chi connectivity index (χ0n) is 8.08. The number of hydrogen-bond acceptors (Lipinski definition) is 4. The molecule has 0 aliphatic carbocycles. The molecule has 0 amide bonds. The summed E-state index contributed by atoms with van der Waals surface area (Å²) in [4.78, 5) is 11.6. The molecule has 2 N–H and O–H groups in total. The van der Waals surface area contributed by atoms with Crippen molar-refractivity contribution in [3.63, 3.8) is 0 Å². The normalized spacial score (nSPS) is 9.40. The lowest BCUT2D eigenvalue weighted by atomic mass is 10.0. The van der Waals surface area contributed by atoms with Gasteiger partial charge in [0.2, 0.25) is 0 Å². The molecule has 0 fully saturated rings. The van der Waals surface area contributed by atoms with E-state index in [0.29, 0.717) is 11.3 Å². The maximum atomic E-state index is 11.6. The lowest BCUT2D eigenvalue weighted by Crippen LogP contribution is -2.08. The highest BCUT2D eigenvalue weighted by atomic mass is 79.9. The molecule has 0 aromatic heterocycles. The number of Topliss-reactive ketones (excluding diaryl/α,β-unsaturated/α-hetero) is 1. The molecule has 0 radical (unpaired) electrons. The van der Waals surface area contributed by atoms with Gasteiger partial charge in [-0.2, -0.15) is 5.26 Å². The third-order valence-corrected chi connectivity index (χ3v) is 2.42. The molecule has 5 heteroatoms. The van der Waals surface area contributed by atoms with Gasteiger partial charge >= 0.3 is 0 Å². The minimum atomic E-state index is -0.207. The van der Waals surface area contributed by atoms with Crippen LogP contribution in [0.25, 0.3) is 0 Å². The van der Waals surface area contributed by atoms with Crippen LogP contribution < -0.4 is 10.5 Å². The molecule has 0 saturated carbocycles. The van der Waals surface area contributed by atoms with Crippen molar-refractivity contribution < 1.29 is 9.53 Å². The van der Waals surface area contributed by atoms with Crippen LogP contribution in [0.3, 0.4) is 0 Å². The van der Waals surface area contributed by atoms with E-state index in [1.165, 1.54) is 19.2 Å². The monoisotopic (exact) mass is 268 g/mol. The maximum absolute atomic E-state index is 11.6. The van der Waals surface area contributed by atoms with Crippen LogP contribution >= 0.6 is 15.9 Å². The van der Waals surface area contributed by atoms with Crippen molar-refractivity contribution in [2.45, 2.75) is 0 Å². The van der Waals surface area contributed by atoms with Crippen LogP contribution in [0.2, 0.25) is 0 Å². The summed E-state index contributed by atoms with van der Waals surface area (Å²) >= 11 is 3.05. The number of ketones is 1. The van der Waals surface area contributed by atoms with Crippen molar-refractivity contribution in [2.75, 3.05) is 18.2 Å². The number of rotatable bonds is 3. The Bertz CT molecular complexity index is 438. The van der Waals surface area contributed by atoms with E-state index in [1.807, 2.05) is 6.07 Å². The van der Waals surface area contributed by atoms with Crippen molar-refractivity contribution in [3.05, 3.63) is 23.3 Å². The average Bonchev–Trinajstić information content (AvgIpc) is 2.27. The van der Waals surface area contributed by atoms with Crippen LogP contribution in [0.1, 0.15) is 15.9 Å². The van der Waals surface area contributed by atoms with Gasteiger partial charge in [-0.1, -0.05) is 15.9 Å². The first kappa shape index (κ1) is 11.5. The first-order valence-electron chi connectivity index (χ1n) is 4.11. The number of anilines is 1. The van der Waals surface area contributed by atoms with Crippen LogP contribution in [0.5, 0.6) is 5.75 Å². The van der Waals surface area contributed by atoms with E-state index < -0.39 is 0 Å². The predicted molar refractivity (Wildman–Crippen MR) is 60.2 cm³/mol. The molecule has 78 valence electrons. The van der Waals surface area contributed by atoms with Crippen LogP contribution in [-0.4, -0.2) is 18.2 Å². The third-order valence-electron chi connectivity index (χ3n) is 1.91. The Kier molecular flexibility index (Phi) is 3.69. The molecule has 0 heterocycles. The minimum absolute atomic E-state index is 0.141. The third kappa shape index (κ3) is 2.10. The molecule has 0 atom stereocenters. The zero-order valence-corrected chi connectivity index (χ0v) is 9.67. The van der Waals surface area contributed by atoms with Gasteiger partial charge in [0.1, 0.15) is 11.8 Å². The van der Waals surface area contributed by atoms with Crippen molar-refractivity contribution in [2.24, 2.45) is 0 Å². The molecule has 1 aromatic carbocycles.